The molecule has 2 aromatic rings. The van der Waals surface area contributed by atoms with E-state index in [0.717, 1.165) is 59.0 Å². The van der Waals surface area contributed by atoms with E-state index < -0.39 is 0 Å². The Morgan fingerprint density at radius 1 is 1.30 bits per heavy atom. The zero-order valence-electron chi connectivity index (χ0n) is 13.9. The predicted molar refractivity (Wildman–Crippen MR) is 95.5 cm³/mol. The Kier molecular flexibility index (Phi) is 5.10. The molecule has 124 valence electrons. The monoisotopic (exact) mass is 332 g/mol. The fourth-order valence-corrected chi connectivity index (χ4v) is 4.13. The predicted octanol–water partition coefficient (Wildman–Crippen LogP) is 3.52. The van der Waals surface area contributed by atoms with Gasteiger partial charge in [0.25, 0.3) is 5.91 Å². The molecule has 6 heteroatoms. The number of aromatic nitrogens is 2. The van der Waals surface area contributed by atoms with Gasteiger partial charge in [-0.3, -0.25) is 4.79 Å². The van der Waals surface area contributed by atoms with E-state index in [-0.39, 0.29) is 5.91 Å². The summed E-state index contributed by atoms with van der Waals surface area (Å²) in [5, 5.41) is 4.07. The largest absolute Gasteiger partial charge is 0.356 e. The maximum absolute atomic E-state index is 12.4. The standard InChI is InChI=1S/C17H24N4OS/c1-3-4-8-18-16(22)14-12(2)13-15(19-11-20-17(13)23-14)21-9-6-5-7-10-21/h11H,3-10H2,1-2H3,(H,18,22). The lowest BCUT2D eigenvalue weighted by molar-refractivity contribution is 0.0957. The van der Waals surface area contributed by atoms with Crippen LogP contribution in [-0.2, 0) is 0 Å². The summed E-state index contributed by atoms with van der Waals surface area (Å²) in [5.74, 6) is 1.01. The average molecular weight is 332 g/mol. The quantitative estimate of drug-likeness (QED) is 0.851. The summed E-state index contributed by atoms with van der Waals surface area (Å²) in [7, 11) is 0. The minimum absolute atomic E-state index is 0.0172. The molecule has 3 rings (SSSR count). The van der Waals surface area contributed by atoms with Crippen LogP contribution in [0.15, 0.2) is 6.33 Å². The summed E-state index contributed by atoms with van der Waals surface area (Å²) >= 11 is 1.48. The molecule has 23 heavy (non-hydrogen) atoms. The van der Waals surface area contributed by atoms with Crippen molar-refractivity contribution in [3.63, 3.8) is 0 Å². The highest BCUT2D eigenvalue weighted by Crippen LogP contribution is 2.35. The molecule has 0 aliphatic carbocycles. The molecule has 1 aliphatic heterocycles. The Labute approximate surface area is 141 Å². The van der Waals surface area contributed by atoms with E-state index in [2.05, 4.69) is 27.1 Å². The Morgan fingerprint density at radius 2 is 2.09 bits per heavy atom. The zero-order chi connectivity index (χ0) is 16.2. The maximum Gasteiger partial charge on any atom is 0.261 e. The van der Waals surface area contributed by atoms with E-state index in [1.165, 1.54) is 30.6 Å². The zero-order valence-corrected chi connectivity index (χ0v) is 14.7. The normalized spacial score (nSPS) is 15.1. The van der Waals surface area contributed by atoms with Crippen molar-refractivity contribution in [2.45, 2.75) is 46.0 Å². The molecule has 0 atom stereocenters. The van der Waals surface area contributed by atoms with Gasteiger partial charge in [0.15, 0.2) is 0 Å². The van der Waals surface area contributed by atoms with Crippen LogP contribution in [0.5, 0.6) is 0 Å². The summed E-state index contributed by atoms with van der Waals surface area (Å²) in [4.78, 5) is 25.4. The number of hydrogen-bond acceptors (Lipinski definition) is 5. The molecule has 1 amide bonds. The average Bonchev–Trinajstić information content (AvgIpc) is 2.93. The van der Waals surface area contributed by atoms with E-state index in [1.807, 2.05) is 6.92 Å². The molecule has 0 saturated carbocycles. The van der Waals surface area contributed by atoms with Gasteiger partial charge in [0, 0.05) is 19.6 Å². The first-order valence-corrected chi connectivity index (χ1v) is 9.31. The van der Waals surface area contributed by atoms with Crippen molar-refractivity contribution in [3.05, 3.63) is 16.8 Å². The van der Waals surface area contributed by atoms with Crippen LogP contribution in [0.2, 0.25) is 0 Å². The highest BCUT2D eigenvalue weighted by Gasteiger charge is 2.22. The van der Waals surface area contributed by atoms with E-state index >= 15 is 0 Å². The van der Waals surface area contributed by atoms with Crippen LogP contribution in [0.3, 0.4) is 0 Å². The van der Waals surface area contributed by atoms with Crippen molar-refractivity contribution >= 4 is 33.3 Å². The molecule has 0 aromatic carbocycles. The van der Waals surface area contributed by atoms with Gasteiger partial charge in [0.2, 0.25) is 0 Å². The first-order valence-electron chi connectivity index (χ1n) is 8.49. The molecule has 5 nitrogen and oxygen atoms in total. The van der Waals surface area contributed by atoms with Crippen LogP contribution in [0.4, 0.5) is 5.82 Å². The Bertz CT molecular complexity index is 691. The third-order valence-corrected chi connectivity index (χ3v) is 5.58. The number of anilines is 1. The molecule has 0 bridgehead atoms. The molecule has 0 radical (unpaired) electrons. The molecule has 3 heterocycles. The smallest absolute Gasteiger partial charge is 0.261 e. The van der Waals surface area contributed by atoms with E-state index in [9.17, 15) is 4.79 Å². The number of fused-ring (bicyclic) bond motifs is 1. The Balaban J connectivity index is 1.93. The van der Waals surface area contributed by atoms with Crippen LogP contribution in [0.1, 0.15) is 54.3 Å². The number of aryl methyl sites for hydroxylation is 1. The first kappa shape index (κ1) is 16.2. The van der Waals surface area contributed by atoms with Crippen LogP contribution >= 0.6 is 11.3 Å². The lowest BCUT2D eigenvalue weighted by atomic mass is 10.1. The summed E-state index contributed by atoms with van der Waals surface area (Å²) in [6, 6.07) is 0. The number of hydrogen-bond donors (Lipinski definition) is 1. The second-order valence-corrected chi connectivity index (χ2v) is 7.09. The maximum atomic E-state index is 12.4. The topological polar surface area (TPSA) is 58.1 Å². The Hall–Kier alpha value is -1.69. The molecule has 0 spiro atoms. The van der Waals surface area contributed by atoms with Crippen molar-refractivity contribution in [2.24, 2.45) is 0 Å². The minimum atomic E-state index is 0.0172. The van der Waals surface area contributed by atoms with Crippen molar-refractivity contribution < 1.29 is 4.79 Å². The second-order valence-electron chi connectivity index (χ2n) is 6.09. The fourth-order valence-electron chi connectivity index (χ4n) is 3.07. The van der Waals surface area contributed by atoms with Crippen molar-refractivity contribution in [1.82, 2.24) is 15.3 Å². The fraction of sp³-hybridized carbons (Fsp3) is 0.588. The molecular weight excluding hydrogens is 308 g/mol. The van der Waals surface area contributed by atoms with Crippen LogP contribution in [0, 0.1) is 6.92 Å². The summed E-state index contributed by atoms with van der Waals surface area (Å²) in [5.41, 5.74) is 1.01. The summed E-state index contributed by atoms with van der Waals surface area (Å²) in [6.07, 6.45) is 7.42. The van der Waals surface area contributed by atoms with Gasteiger partial charge in [-0.1, -0.05) is 13.3 Å². The van der Waals surface area contributed by atoms with Crippen LogP contribution in [-0.4, -0.2) is 35.5 Å². The van der Waals surface area contributed by atoms with Gasteiger partial charge < -0.3 is 10.2 Å². The highest BCUT2D eigenvalue weighted by molar-refractivity contribution is 7.20. The molecular formula is C17H24N4OS. The molecule has 1 N–H and O–H groups in total. The Morgan fingerprint density at radius 3 is 2.83 bits per heavy atom. The number of carbonyl (C=O) groups is 1. The first-order chi connectivity index (χ1) is 11.2. The molecule has 1 aliphatic rings. The lowest BCUT2D eigenvalue weighted by Gasteiger charge is -2.28. The number of carbonyl (C=O) groups excluding carboxylic acids is 1. The number of thiophene rings is 1. The van der Waals surface area contributed by atoms with Gasteiger partial charge in [-0.15, -0.1) is 11.3 Å². The molecule has 2 aromatic heterocycles. The van der Waals surface area contributed by atoms with E-state index in [1.54, 1.807) is 6.33 Å². The van der Waals surface area contributed by atoms with E-state index in [4.69, 9.17) is 0 Å². The van der Waals surface area contributed by atoms with Gasteiger partial charge in [-0.2, -0.15) is 0 Å². The second kappa shape index (κ2) is 7.25. The van der Waals surface area contributed by atoms with Gasteiger partial charge >= 0.3 is 0 Å². The minimum Gasteiger partial charge on any atom is -0.356 e. The van der Waals surface area contributed by atoms with Gasteiger partial charge in [0.1, 0.15) is 17.0 Å². The van der Waals surface area contributed by atoms with Crippen molar-refractivity contribution in [1.29, 1.82) is 0 Å². The summed E-state index contributed by atoms with van der Waals surface area (Å²) < 4.78 is 0. The van der Waals surface area contributed by atoms with Crippen molar-refractivity contribution in [2.75, 3.05) is 24.5 Å². The van der Waals surface area contributed by atoms with Gasteiger partial charge in [-0.25, -0.2) is 9.97 Å². The van der Waals surface area contributed by atoms with Gasteiger partial charge in [-0.05, 0) is 38.2 Å². The number of unbranched alkanes of at least 4 members (excludes halogenated alkanes) is 1. The number of piperidine rings is 1. The number of nitrogens with zero attached hydrogens (tertiary/aromatic N) is 3. The van der Waals surface area contributed by atoms with Crippen LogP contribution < -0.4 is 10.2 Å². The van der Waals surface area contributed by atoms with Gasteiger partial charge in [0.05, 0.1) is 10.3 Å². The SMILES string of the molecule is CCCCNC(=O)c1sc2ncnc(N3CCCCC3)c2c1C. The van der Waals surface area contributed by atoms with Crippen molar-refractivity contribution in [3.8, 4) is 0 Å². The highest BCUT2D eigenvalue weighted by atomic mass is 32.1. The lowest BCUT2D eigenvalue weighted by Crippen LogP contribution is -2.30. The van der Waals surface area contributed by atoms with E-state index in [0.29, 0.717) is 0 Å². The number of rotatable bonds is 5. The number of nitrogens with one attached hydrogen (secondary N) is 1. The molecule has 1 saturated heterocycles. The summed E-state index contributed by atoms with van der Waals surface area (Å²) in [6.45, 7) is 6.95. The van der Waals surface area contributed by atoms with Crippen LogP contribution in [0.25, 0.3) is 10.2 Å². The molecule has 0 unspecified atom stereocenters. The molecule has 1 fully saturated rings. The third kappa shape index (κ3) is 3.32. The third-order valence-electron chi connectivity index (χ3n) is 4.38. The number of amides is 1.